The minimum Gasteiger partial charge on any atom is -0.480 e. The van der Waals surface area contributed by atoms with Crippen molar-refractivity contribution < 1.29 is 9.90 Å². The Morgan fingerprint density at radius 1 is 1.59 bits per heavy atom. The molecule has 17 heavy (non-hydrogen) atoms. The Bertz CT molecular complexity index is 540. The van der Waals surface area contributed by atoms with Crippen LogP contribution in [0.2, 0.25) is 0 Å². The Labute approximate surface area is 103 Å². The molecule has 5 nitrogen and oxygen atoms in total. The van der Waals surface area contributed by atoms with Crippen molar-refractivity contribution in [2.45, 2.75) is 19.4 Å². The van der Waals surface area contributed by atoms with Gasteiger partial charge in [-0.15, -0.1) is 11.3 Å². The molecule has 0 radical (unpaired) electrons. The standard InChI is InChI=1S/C11H13N3O2S/c1-3-8(11(15)16)14(2)9-7-4-5-17-10(7)13-6-12-9/h4-6,8H,3H2,1-2H3,(H,15,16). The van der Waals surface area contributed by atoms with Crippen molar-refractivity contribution in [1.82, 2.24) is 9.97 Å². The van der Waals surface area contributed by atoms with Gasteiger partial charge in [-0.2, -0.15) is 0 Å². The van der Waals surface area contributed by atoms with E-state index in [1.165, 1.54) is 17.7 Å². The second-order valence-corrected chi connectivity index (χ2v) is 4.60. The molecule has 1 N–H and O–H groups in total. The highest BCUT2D eigenvalue weighted by molar-refractivity contribution is 7.16. The fourth-order valence-corrected chi connectivity index (χ4v) is 2.55. The predicted octanol–water partition coefficient (Wildman–Crippen LogP) is 1.99. The van der Waals surface area contributed by atoms with Crippen LogP contribution in [0.15, 0.2) is 17.8 Å². The molecule has 2 aromatic rings. The highest BCUT2D eigenvalue weighted by atomic mass is 32.1. The molecule has 0 bridgehead atoms. The van der Waals surface area contributed by atoms with E-state index in [0.717, 1.165) is 10.2 Å². The molecule has 6 heteroatoms. The Morgan fingerprint density at radius 3 is 3.00 bits per heavy atom. The van der Waals surface area contributed by atoms with E-state index < -0.39 is 12.0 Å². The highest BCUT2D eigenvalue weighted by Gasteiger charge is 2.23. The molecular weight excluding hydrogens is 238 g/mol. The molecule has 1 unspecified atom stereocenters. The summed E-state index contributed by atoms with van der Waals surface area (Å²) in [5.74, 6) is -0.164. The maximum absolute atomic E-state index is 11.1. The van der Waals surface area contributed by atoms with Crippen LogP contribution in [0, 0.1) is 0 Å². The van der Waals surface area contributed by atoms with Crippen LogP contribution >= 0.6 is 11.3 Å². The Balaban J connectivity index is 2.45. The number of carboxylic acid groups (broad SMARTS) is 1. The first-order valence-corrected chi connectivity index (χ1v) is 6.17. The molecule has 2 aromatic heterocycles. The van der Waals surface area contributed by atoms with E-state index in [9.17, 15) is 4.79 Å². The number of aromatic nitrogens is 2. The molecule has 2 heterocycles. The number of hydrogen-bond donors (Lipinski definition) is 1. The molecule has 0 saturated carbocycles. The summed E-state index contributed by atoms with van der Waals surface area (Å²) in [6.45, 7) is 1.85. The van der Waals surface area contributed by atoms with Crippen molar-refractivity contribution >= 4 is 33.3 Å². The van der Waals surface area contributed by atoms with Gasteiger partial charge in [-0.05, 0) is 17.9 Å². The van der Waals surface area contributed by atoms with E-state index in [0.29, 0.717) is 12.2 Å². The molecule has 1 atom stereocenters. The number of hydrogen-bond acceptors (Lipinski definition) is 5. The maximum Gasteiger partial charge on any atom is 0.326 e. The maximum atomic E-state index is 11.1. The summed E-state index contributed by atoms with van der Waals surface area (Å²) in [6, 6.07) is 1.36. The summed E-state index contributed by atoms with van der Waals surface area (Å²) in [5, 5.41) is 12.0. The molecule has 0 amide bonds. The smallest absolute Gasteiger partial charge is 0.326 e. The van der Waals surface area contributed by atoms with Gasteiger partial charge in [0.05, 0.1) is 5.39 Å². The largest absolute Gasteiger partial charge is 0.480 e. The summed E-state index contributed by atoms with van der Waals surface area (Å²) in [5.41, 5.74) is 0. The first kappa shape index (κ1) is 11.8. The van der Waals surface area contributed by atoms with Crippen molar-refractivity contribution in [2.24, 2.45) is 0 Å². The minimum absolute atomic E-state index is 0.529. The highest BCUT2D eigenvalue weighted by Crippen LogP contribution is 2.27. The van der Waals surface area contributed by atoms with Crippen LogP contribution in [-0.4, -0.2) is 34.1 Å². The van der Waals surface area contributed by atoms with E-state index >= 15 is 0 Å². The first-order valence-electron chi connectivity index (χ1n) is 5.29. The van der Waals surface area contributed by atoms with Gasteiger partial charge in [0, 0.05) is 7.05 Å². The number of carbonyl (C=O) groups is 1. The summed E-state index contributed by atoms with van der Waals surface area (Å²) in [7, 11) is 1.75. The fourth-order valence-electron chi connectivity index (χ4n) is 1.82. The van der Waals surface area contributed by atoms with Crippen molar-refractivity contribution in [3.05, 3.63) is 17.8 Å². The van der Waals surface area contributed by atoms with Crippen LogP contribution in [0.3, 0.4) is 0 Å². The average Bonchev–Trinajstić information content (AvgIpc) is 2.76. The van der Waals surface area contributed by atoms with E-state index in [4.69, 9.17) is 5.11 Å². The Hall–Kier alpha value is -1.69. The van der Waals surface area contributed by atoms with E-state index in [1.54, 1.807) is 11.9 Å². The van der Waals surface area contributed by atoms with Crippen LogP contribution in [-0.2, 0) is 4.79 Å². The lowest BCUT2D eigenvalue weighted by molar-refractivity contribution is -0.138. The van der Waals surface area contributed by atoms with Gasteiger partial charge >= 0.3 is 5.97 Å². The molecular formula is C11H13N3O2S. The predicted molar refractivity (Wildman–Crippen MR) is 67.5 cm³/mol. The van der Waals surface area contributed by atoms with Gasteiger partial charge in [-0.1, -0.05) is 6.92 Å². The topological polar surface area (TPSA) is 66.3 Å². The number of carboxylic acids is 1. The number of aliphatic carboxylic acids is 1. The van der Waals surface area contributed by atoms with Gasteiger partial charge in [0.15, 0.2) is 0 Å². The third-order valence-electron chi connectivity index (χ3n) is 2.71. The zero-order chi connectivity index (χ0) is 12.4. The number of anilines is 1. The summed E-state index contributed by atoms with van der Waals surface area (Å²) < 4.78 is 0. The second kappa shape index (κ2) is 4.67. The van der Waals surface area contributed by atoms with Crippen molar-refractivity contribution in [3.8, 4) is 0 Å². The Morgan fingerprint density at radius 2 is 2.35 bits per heavy atom. The van der Waals surface area contributed by atoms with Crippen LogP contribution in [0.1, 0.15) is 13.3 Å². The van der Waals surface area contributed by atoms with Gasteiger partial charge in [0.25, 0.3) is 0 Å². The Kier molecular flexibility index (Phi) is 3.23. The molecule has 0 aromatic carbocycles. The number of thiophene rings is 1. The quantitative estimate of drug-likeness (QED) is 0.900. The zero-order valence-corrected chi connectivity index (χ0v) is 10.4. The molecule has 0 aliphatic carbocycles. The van der Waals surface area contributed by atoms with Gasteiger partial charge in [-0.3, -0.25) is 0 Å². The fraction of sp³-hybridized carbons (Fsp3) is 0.364. The van der Waals surface area contributed by atoms with Gasteiger partial charge in [0.2, 0.25) is 0 Å². The third-order valence-corrected chi connectivity index (χ3v) is 3.53. The van der Waals surface area contributed by atoms with E-state index in [2.05, 4.69) is 9.97 Å². The third kappa shape index (κ3) is 2.08. The van der Waals surface area contributed by atoms with Crippen molar-refractivity contribution in [3.63, 3.8) is 0 Å². The molecule has 2 rings (SSSR count). The van der Waals surface area contributed by atoms with Crippen molar-refractivity contribution in [2.75, 3.05) is 11.9 Å². The lowest BCUT2D eigenvalue weighted by Gasteiger charge is -2.25. The lowest BCUT2D eigenvalue weighted by Crippen LogP contribution is -2.38. The average molecular weight is 251 g/mol. The summed E-state index contributed by atoms with van der Waals surface area (Å²) in [6.07, 6.45) is 2.00. The van der Waals surface area contributed by atoms with Crippen LogP contribution in [0.4, 0.5) is 5.82 Å². The molecule has 0 saturated heterocycles. The van der Waals surface area contributed by atoms with Crippen LogP contribution in [0.25, 0.3) is 10.2 Å². The van der Waals surface area contributed by atoms with Gasteiger partial charge < -0.3 is 10.0 Å². The first-order chi connectivity index (χ1) is 8.15. The zero-order valence-electron chi connectivity index (χ0n) is 9.62. The van der Waals surface area contributed by atoms with E-state index in [1.807, 2.05) is 18.4 Å². The molecule has 0 spiro atoms. The normalized spacial score (nSPS) is 12.6. The number of nitrogens with zero attached hydrogens (tertiary/aromatic N) is 3. The molecule has 0 aliphatic heterocycles. The number of rotatable bonds is 4. The van der Waals surface area contributed by atoms with Crippen molar-refractivity contribution in [1.29, 1.82) is 0 Å². The molecule has 0 aliphatic rings. The lowest BCUT2D eigenvalue weighted by atomic mass is 10.2. The summed E-state index contributed by atoms with van der Waals surface area (Å²) in [4.78, 5) is 22.0. The SMILES string of the molecule is CCC(C(=O)O)N(C)c1ncnc2sccc12. The molecule has 0 fully saturated rings. The minimum atomic E-state index is -0.836. The van der Waals surface area contributed by atoms with Crippen LogP contribution in [0.5, 0.6) is 0 Å². The number of fused-ring (bicyclic) bond motifs is 1. The van der Waals surface area contributed by atoms with Crippen LogP contribution < -0.4 is 4.90 Å². The second-order valence-electron chi connectivity index (χ2n) is 3.71. The summed E-state index contributed by atoms with van der Waals surface area (Å²) >= 11 is 1.52. The van der Waals surface area contributed by atoms with E-state index in [-0.39, 0.29) is 0 Å². The monoisotopic (exact) mass is 251 g/mol. The molecule has 90 valence electrons. The van der Waals surface area contributed by atoms with Gasteiger partial charge in [0.1, 0.15) is 23.0 Å². The number of likely N-dealkylation sites (N-methyl/N-ethyl adjacent to an activating group) is 1. The van der Waals surface area contributed by atoms with Gasteiger partial charge in [-0.25, -0.2) is 14.8 Å².